The van der Waals surface area contributed by atoms with Gasteiger partial charge in [-0.05, 0) is 52.6 Å². The van der Waals surface area contributed by atoms with Crippen molar-refractivity contribution in [3.63, 3.8) is 0 Å². The molecular formula is C19H31N3O7. The number of methoxy groups -OCH3 is 1. The molecule has 10 nitrogen and oxygen atoms in total. The summed E-state index contributed by atoms with van der Waals surface area (Å²) in [5.74, 6) is -0.599. The molecule has 10 heteroatoms. The molecule has 0 aliphatic carbocycles. The van der Waals surface area contributed by atoms with Gasteiger partial charge in [-0.1, -0.05) is 0 Å². The van der Waals surface area contributed by atoms with Crippen LogP contribution in [0.25, 0.3) is 0 Å². The minimum absolute atomic E-state index is 0.173. The third-order valence-electron chi connectivity index (χ3n) is 3.87. The maximum Gasteiger partial charge on any atom is 0.407 e. The van der Waals surface area contributed by atoms with Crippen molar-refractivity contribution in [3.8, 4) is 5.88 Å². The Balaban J connectivity index is 2.60. The molecule has 0 saturated carbocycles. The highest BCUT2D eigenvalue weighted by molar-refractivity contribution is 5.92. The summed E-state index contributed by atoms with van der Waals surface area (Å²) >= 11 is 0. The summed E-state index contributed by atoms with van der Waals surface area (Å²) < 4.78 is 20.2. The number of alkyl carbamates (subject to hydrolysis) is 1. The predicted octanol–water partition coefficient (Wildman–Crippen LogP) is 1.84. The highest BCUT2D eigenvalue weighted by Crippen LogP contribution is 2.11. The smallest absolute Gasteiger partial charge is 0.407 e. The quantitative estimate of drug-likeness (QED) is 0.526. The van der Waals surface area contributed by atoms with Gasteiger partial charge in [0.25, 0.3) is 11.8 Å². The minimum Gasteiger partial charge on any atom is -0.467 e. The number of nitrogens with one attached hydrogen (secondary N) is 2. The first-order valence-corrected chi connectivity index (χ1v) is 9.33. The van der Waals surface area contributed by atoms with Crippen LogP contribution in [0.4, 0.5) is 4.79 Å². The van der Waals surface area contributed by atoms with E-state index in [1.165, 1.54) is 19.4 Å². The Kier molecular flexibility index (Phi) is 9.09. The van der Waals surface area contributed by atoms with E-state index in [1.54, 1.807) is 34.6 Å². The van der Waals surface area contributed by atoms with E-state index in [4.69, 9.17) is 14.2 Å². The molecule has 0 fully saturated rings. The van der Waals surface area contributed by atoms with Crippen LogP contribution >= 0.6 is 0 Å². The summed E-state index contributed by atoms with van der Waals surface area (Å²) in [6.07, 6.45) is 1.51. The average Bonchev–Trinajstić information content (AvgIpc) is 3.14. The number of amides is 2. The highest BCUT2D eigenvalue weighted by Gasteiger charge is 2.31. The highest BCUT2D eigenvalue weighted by atomic mass is 16.6. The molecule has 0 spiro atoms. The first kappa shape index (κ1) is 24.4. The fourth-order valence-electron chi connectivity index (χ4n) is 2.07. The molecule has 1 aromatic heterocycles. The first-order chi connectivity index (χ1) is 13.4. The normalized spacial score (nSPS) is 12.8. The number of aromatic nitrogens is 1. The lowest BCUT2D eigenvalue weighted by Gasteiger charge is -2.25. The van der Waals surface area contributed by atoms with Gasteiger partial charge in [-0.3, -0.25) is 9.59 Å². The average molecular weight is 413 g/mol. The molecule has 1 heterocycles. The second-order valence-corrected chi connectivity index (χ2v) is 7.90. The molecule has 2 N–H and O–H groups in total. The fourth-order valence-corrected chi connectivity index (χ4v) is 2.07. The van der Waals surface area contributed by atoms with E-state index < -0.39 is 29.2 Å². The number of nitrogens with zero attached hydrogens (tertiary/aromatic N) is 1. The van der Waals surface area contributed by atoms with Gasteiger partial charge >= 0.3 is 6.09 Å². The third-order valence-corrected chi connectivity index (χ3v) is 3.87. The van der Waals surface area contributed by atoms with E-state index in [0.29, 0.717) is 12.8 Å². The largest absolute Gasteiger partial charge is 0.467 e. The van der Waals surface area contributed by atoms with Crippen LogP contribution < -0.4 is 15.4 Å². The number of carbonyl (C=O) groups excluding carboxylic acids is 3. The summed E-state index contributed by atoms with van der Waals surface area (Å²) in [5, 5.41) is 8.87. The zero-order valence-corrected chi connectivity index (χ0v) is 17.9. The maximum absolute atomic E-state index is 12.6. The van der Waals surface area contributed by atoms with Gasteiger partial charge in [-0.2, -0.15) is 0 Å². The van der Waals surface area contributed by atoms with Crippen molar-refractivity contribution < 1.29 is 33.1 Å². The van der Waals surface area contributed by atoms with Crippen molar-refractivity contribution in [3.05, 3.63) is 12.3 Å². The second kappa shape index (κ2) is 10.8. The van der Waals surface area contributed by atoms with E-state index in [-0.39, 0.29) is 24.8 Å². The molecule has 0 saturated heterocycles. The molecule has 2 amide bonds. The van der Waals surface area contributed by atoms with Crippen LogP contribution in [0.15, 0.2) is 16.9 Å². The number of ether oxygens (including phenoxy) is 3. The van der Waals surface area contributed by atoms with Gasteiger partial charge in [0.1, 0.15) is 17.5 Å². The van der Waals surface area contributed by atoms with Crippen molar-refractivity contribution >= 4 is 17.8 Å². The molecule has 1 rings (SSSR count). The number of ketones is 1. The molecule has 0 unspecified atom stereocenters. The minimum atomic E-state index is -1.10. The summed E-state index contributed by atoms with van der Waals surface area (Å²) in [7, 11) is 1.41. The van der Waals surface area contributed by atoms with Crippen molar-refractivity contribution in [1.29, 1.82) is 0 Å². The summed E-state index contributed by atoms with van der Waals surface area (Å²) in [6, 6.07) is 0.656. The molecule has 0 aliphatic heterocycles. The van der Waals surface area contributed by atoms with Gasteiger partial charge < -0.3 is 29.4 Å². The van der Waals surface area contributed by atoms with Gasteiger partial charge in [0.05, 0.1) is 6.04 Å². The van der Waals surface area contributed by atoms with Gasteiger partial charge in [0.15, 0.2) is 12.4 Å². The number of rotatable bonds is 11. The van der Waals surface area contributed by atoms with Crippen molar-refractivity contribution in [2.75, 3.05) is 20.3 Å². The van der Waals surface area contributed by atoms with Gasteiger partial charge in [-0.25, -0.2) is 4.79 Å². The molecule has 164 valence electrons. The Labute approximate surface area is 170 Å². The molecule has 29 heavy (non-hydrogen) atoms. The van der Waals surface area contributed by atoms with E-state index >= 15 is 0 Å². The fraction of sp³-hybridized carbons (Fsp3) is 0.684. The van der Waals surface area contributed by atoms with Crippen molar-refractivity contribution in [2.45, 2.75) is 64.7 Å². The van der Waals surface area contributed by atoms with Crippen LogP contribution in [0.5, 0.6) is 5.88 Å². The molecule has 0 radical (unpaired) electrons. The van der Waals surface area contributed by atoms with Crippen LogP contribution in [0.1, 0.15) is 47.5 Å². The van der Waals surface area contributed by atoms with Crippen molar-refractivity contribution in [2.24, 2.45) is 0 Å². The molecule has 0 aliphatic rings. The van der Waals surface area contributed by atoms with Crippen LogP contribution in [-0.4, -0.2) is 60.4 Å². The number of hydrogen-bond acceptors (Lipinski definition) is 8. The molecular weight excluding hydrogens is 382 g/mol. The lowest BCUT2D eigenvalue weighted by Crippen LogP contribution is -2.51. The van der Waals surface area contributed by atoms with Crippen LogP contribution in [0.2, 0.25) is 0 Å². The zero-order valence-electron chi connectivity index (χ0n) is 17.9. The lowest BCUT2D eigenvalue weighted by atomic mass is 10.0. The van der Waals surface area contributed by atoms with Gasteiger partial charge in [-0.15, -0.1) is 0 Å². The Morgan fingerprint density at radius 2 is 1.90 bits per heavy atom. The van der Waals surface area contributed by atoms with E-state index in [0.717, 1.165) is 0 Å². The monoisotopic (exact) mass is 413 g/mol. The van der Waals surface area contributed by atoms with E-state index in [9.17, 15) is 14.4 Å². The number of carbonyl (C=O) groups is 3. The Hall–Kier alpha value is -2.62. The van der Waals surface area contributed by atoms with Crippen molar-refractivity contribution in [1.82, 2.24) is 15.8 Å². The van der Waals surface area contributed by atoms with Crippen LogP contribution in [0, 0.1) is 0 Å². The van der Waals surface area contributed by atoms with Crippen LogP contribution in [-0.2, 0) is 19.1 Å². The summed E-state index contributed by atoms with van der Waals surface area (Å²) in [5.41, 5.74) is -1.69. The second-order valence-electron chi connectivity index (χ2n) is 7.90. The third kappa shape index (κ3) is 9.42. The zero-order chi connectivity index (χ0) is 22.1. The Morgan fingerprint density at radius 3 is 2.45 bits per heavy atom. The maximum atomic E-state index is 12.6. The summed E-state index contributed by atoms with van der Waals surface area (Å²) in [4.78, 5) is 36.6. The van der Waals surface area contributed by atoms with E-state index in [1.807, 2.05) is 0 Å². The molecule has 0 aromatic carbocycles. The van der Waals surface area contributed by atoms with Gasteiger partial charge in [0, 0.05) is 19.7 Å². The van der Waals surface area contributed by atoms with Gasteiger partial charge in [0.2, 0.25) is 0 Å². The Bertz CT molecular complexity index is 666. The number of hydrogen-bond donors (Lipinski definition) is 2. The molecule has 1 aromatic rings. The SMILES string of the molecule is COC(C)(C)C(=O)N[C@@H](CCCNC(=O)OC(C)(C)C)C(=O)COc1ccon1. The van der Waals surface area contributed by atoms with E-state index in [2.05, 4.69) is 20.3 Å². The van der Waals surface area contributed by atoms with Crippen LogP contribution in [0.3, 0.4) is 0 Å². The summed E-state index contributed by atoms with van der Waals surface area (Å²) in [6.45, 7) is 8.49. The Morgan fingerprint density at radius 1 is 1.21 bits per heavy atom. The molecule has 0 bridgehead atoms. The molecule has 1 atom stereocenters. The lowest BCUT2D eigenvalue weighted by molar-refractivity contribution is -0.142. The standard InChI is InChI=1S/C19H31N3O7/c1-18(2,3)29-17(25)20-10-7-8-13(21-16(24)19(4,5)26-6)14(23)12-27-15-9-11-28-22-15/h9,11,13H,7-8,10,12H2,1-6H3,(H,20,25)(H,21,24)/t13-/m0/s1. The number of Topliss-reactive ketones (excluding diaryl/α,β-unsaturated/α-hetero) is 1. The topological polar surface area (TPSA) is 129 Å². The predicted molar refractivity (Wildman–Crippen MR) is 103 cm³/mol. The first-order valence-electron chi connectivity index (χ1n) is 9.33.